The van der Waals surface area contributed by atoms with Crippen molar-refractivity contribution >= 4 is 28.7 Å². The van der Waals surface area contributed by atoms with Crippen LogP contribution in [0.4, 0.5) is 0 Å². The van der Waals surface area contributed by atoms with E-state index in [2.05, 4.69) is 6.07 Å². The number of hydrogen-bond donors (Lipinski definition) is 0. The molecule has 80 valence electrons. The highest BCUT2D eigenvalue weighted by Gasteiger charge is 2.31. The first kappa shape index (κ1) is 10.1. The van der Waals surface area contributed by atoms with Crippen molar-refractivity contribution in [3.8, 4) is 0 Å². The normalized spacial score (nSPS) is 18.8. The van der Waals surface area contributed by atoms with E-state index < -0.39 is 0 Å². The topological polar surface area (TPSA) is 17.1 Å². The van der Waals surface area contributed by atoms with Crippen LogP contribution < -0.4 is 0 Å². The quantitative estimate of drug-likeness (QED) is 0.742. The number of rotatable bonds is 1. The molecule has 0 radical (unpaired) electrons. The second kappa shape index (κ2) is 3.72. The number of Topliss-reactive ketones (excluding diaryl/α,β-unsaturated/α-hetero) is 1. The molecular formula is C13H9ClOS. The molecule has 0 amide bonds. The Bertz CT molecular complexity index is 541. The summed E-state index contributed by atoms with van der Waals surface area (Å²) in [5.74, 6) is 0.496. The molecule has 0 spiro atoms. The van der Waals surface area contributed by atoms with E-state index >= 15 is 0 Å². The monoisotopic (exact) mass is 248 g/mol. The molecule has 3 rings (SSSR count). The Labute approximate surface area is 103 Å². The maximum atomic E-state index is 11.8. The lowest BCUT2D eigenvalue weighted by atomic mass is 9.94. The van der Waals surface area contributed by atoms with Crippen LogP contribution in [-0.4, -0.2) is 5.78 Å². The van der Waals surface area contributed by atoms with Crippen molar-refractivity contribution in [3.05, 3.63) is 56.7 Å². The molecule has 1 aromatic carbocycles. The third-order valence-corrected chi connectivity index (χ3v) is 4.21. The van der Waals surface area contributed by atoms with E-state index in [1.807, 2.05) is 29.6 Å². The lowest BCUT2D eigenvalue weighted by molar-refractivity contribution is 0.0994. The van der Waals surface area contributed by atoms with Crippen molar-refractivity contribution in [3.63, 3.8) is 0 Å². The van der Waals surface area contributed by atoms with Crippen LogP contribution in [0.15, 0.2) is 35.7 Å². The minimum atomic E-state index is 0.228. The van der Waals surface area contributed by atoms with Crippen LogP contribution in [0, 0.1) is 0 Å². The highest BCUT2D eigenvalue weighted by Crippen LogP contribution is 2.40. The summed E-state index contributed by atoms with van der Waals surface area (Å²) in [5, 5.41) is 2.73. The molecule has 1 aromatic heterocycles. The average Bonchev–Trinajstić information content (AvgIpc) is 2.84. The van der Waals surface area contributed by atoms with E-state index in [1.165, 1.54) is 11.1 Å². The minimum Gasteiger partial charge on any atom is -0.293 e. The zero-order valence-corrected chi connectivity index (χ0v) is 10.0. The van der Waals surface area contributed by atoms with E-state index in [4.69, 9.17) is 11.6 Å². The first-order valence-corrected chi connectivity index (χ1v) is 6.37. The van der Waals surface area contributed by atoms with Crippen LogP contribution in [0.2, 0.25) is 5.02 Å². The lowest BCUT2D eigenvalue weighted by Gasteiger charge is -2.09. The Morgan fingerprint density at radius 1 is 1.19 bits per heavy atom. The van der Waals surface area contributed by atoms with Gasteiger partial charge in [0.05, 0.1) is 4.88 Å². The van der Waals surface area contributed by atoms with Gasteiger partial charge >= 0.3 is 0 Å². The first-order chi connectivity index (χ1) is 7.75. The maximum absolute atomic E-state index is 11.8. The number of thiophene rings is 1. The number of fused-ring (bicyclic) bond motifs is 1. The van der Waals surface area contributed by atoms with Gasteiger partial charge in [0, 0.05) is 17.4 Å². The number of benzene rings is 1. The fourth-order valence-electron chi connectivity index (χ4n) is 2.20. The molecule has 0 aliphatic heterocycles. The van der Waals surface area contributed by atoms with Crippen molar-refractivity contribution in [2.24, 2.45) is 0 Å². The predicted molar refractivity (Wildman–Crippen MR) is 66.6 cm³/mol. The molecule has 1 nitrogen and oxygen atoms in total. The molecule has 0 bridgehead atoms. The summed E-state index contributed by atoms with van der Waals surface area (Å²) in [4.78, 5) is 12.7. The lowest BCUT2D eigenvalue weighted by Crippen LogP contribution is -1.96. The van der Waals surface area contributed by atoms with Crippen LogP contribution in [0.5, 0.6) is 0 Å². The molecule has 0 fully saturated rings. The van der Waals surface area contributed by atoms with Crippen LogP contribution in [0.25, 0.3) is 0 Å². The Hall–Kier alpha value is -1.12. The SMILES string of the molecule is O=C1CC(c2ccc(Cl)cc2)c2ccsc21. The second-order valence-electron chi connectivity index (χ2n) is 3.94. The zero-order valence-electron chi connectivity index (χ0n) is 8.44. The Morgan fingerprint density at radius 2 is 1.94 bits per heavy atom. The van der Waals surface area contributed by atoms with Crippen molar-refractivity contribution in [2.75, 3.05) is 0 Å². The van der Waals surface area contributed by atoms with Crippen LogP contribution in [0.1, 0.15) is 33.1 Å². The van der Waals surface area contributed by atoms with E-state index in [0.29, 0.717) is 6.42 Å². The van der Waals surface area contributed by atoms with Gasteiger partial charge in [-0.1, -0.05) is 23.7 Å². The van der Waals surface area contributed by atoms with Crippen molar-refractivity contribution < 1.29 is 4.79 Å². The van der Waals surface area contributed by atoms with Gasteiger partial charge in [0.1, 0.15) is 0 Å². The zero-order chi connectivity index (χ0) is 11.1. The second-order valence-corrected chi connectivity index (χ2v) is 5.29. The third-order valence-electron chi connectivity index (χ3n) is 2.99. The molecule has 0 saturated heterocycles. The Balaban J connectivity index is 2.05. The highest BCUT2D eigenvalue weighted by molar-refractivity contribution is 7.12. The molecule has 1 atom stereocenters. The number of carbonyl (C=O) groups is 1. The van der Waals surface area contributed by atoms with E-state index in [9.17, 15) is 4.79 Å². The molecule has 3 heteroatoms. The molecule has 1 aliphatic carbocycles. The van der Waals surface area contributed by atoms with E-state index in [0.717, 1.165) is 9.90 Å². The van der Waals surface area contributed by atoms with Crippen LogP contribution >= 0.6 is 22.9 Å². The maximum Gasteiger partial charge on any atom is 0.174 e. The number of halogens is 1. The fourth-order valence-corrected chi connectivity index (χ4v) is 3.24. The number of carbonyl (C=O) groups excluding carboxylic acids is 1. The predicted octanol–water partition coefficient (Wildman–Crippen LogP) is 4.12. The minimum absolute atomic E-state index is 0.228. The van der Waals surface area contributed by atoms with Gasteiger partial charge < -0.3 is 0 Å². The van der Waals surface area contributed by atoms with Crippen LogP contribution in [0.3, 0.4) is 0 Å². The molecule has 16 heavy (non-hydrogen) atoms. The van der Waals surface area contributed by atoms with Gasteiger partial charge in [-0.2, -0.15) is 0 Å². The molecule has 0 N–H and O–H groups in total. The average molecular weight is 249 g/mol. The standard InChI is InChI=1S/C13H9ClOS/c14-9-3-1-8(2-4-9)11-7-12(15)13-10(11)5-6-16-13/h1-6,11H,7H2. The van der Waals surface area contributed by atoms with E-state index in [-0.39, 0.29) is 11.7 Å². The third kappa shape index (κ3) is 1.49. The van der Waals surface area contributed by atoms with Crippen molar-refractivity contribution in [2.45, 2.75) is 12.3 Å². The largest absolute Gasteiger partial charge is 0.293 e. The molecule has 1 unspecified atom stereocenters. The van der Waals surface area contributed by atoms with Crippen LogP contribution in [-0.2, 0) is 0 Å². The Morgan fingerprint density at radius 3 is 2.69 bits per heavy atom. The summed E-state index contributed by atoms with van der Waals surface area (Å²) in [5.41, 5.74) is 2.35. The summed E-state index contributed by atoms with van der Waals surface area (Å²) in [6.45, 7) is 0. The summed E-state index contributed by atoms with van der Waals surface area (Å²) in [6, 6.07) is 9.84. The van der Waals surface area contributed by atoms with Crippen molar-refractivity contribution in [1.29, 1.82) is 0 Å². The van der Waals surface area contributed by atoms with Gasteiger partial charge in [-0.25, -0.2) is 0 Å². The van der Waals surface area contributed by atoms with Gasteiger partial charge in [0.2, 0.25) is 0 Å². The first-order valence-electron chi connectivity index (χ1n) is 5.12. The summed E-state index contributed by atoms with van der Waals surface area (Å²) in [6.07, 6.45) is 0.601. The summed E-state index contributed by atoms with van der Waals surface area (Å²) in [7, 11) is 0. The van der Waals surface area contributed by atoms with Crippen molar-refractivity contribution in [1.82, 2.24) is 0 Å². The highest BCUT2D eigenvalue weighted by atomic mass is 35.5. The number of hydrogen-bond acceptors (Lipinski definition) is 2. The Kier molecular flexibility index (Phi) is 2.34. The molecular weight excluding hydrogens is 240 g/mol. The molecule has 1 aliphatic rings. The molecule has 1 heterocycles. The van der Waals surface area contributed by atoms with E-state index in [1.54, 1.807) is 11.3 Å². The smallest absolute Gasteiger partial charge is 0.174 e. The van der Waals surface area contributed by atoms with Gasteiger partial charge in [0.15, 0.2) is 5.78 Å². The fraction of sp³-hybridized carbons (Fsp3) is 0.154. The molecule has 0 saturated carbocycles. The van der Waals surface area contributed by atoms with Gasteiger partial charge in [-0.05, 0) is 34.7 Å². The van der Waals surface area contributed by atoms with Gasteiger partial charge in [-0.3, -0.25) is 4.79 Å². The van der Waals surface area contributed by atoms with Gasteiger partial charge in [0.25, 0.3) is 0 Å². The molecule has 2 aromatic rings. The summed E-state index contributed by atoms with van der Waals surface area (Å²) < 4.78 is 0. The van der Waals surface area contributed by atoms with Gasteiger partial charge in [-0.15, -0.1) is 11.3 Å². The summed E-state index contributed by atoms with van der Waals surface area (Å²) >= 11 is 7.41. The number of ketones is 1.